The zero-order chi connectivity index (χ0) is 13.0. The van der Waals surface area contributed by atoms with Gasteiger partial charge in [0.05, 0.1) is 0 Å². The predicted molar refractivity (Wildman–Crippen MR) is 66.2 cm³/mol. The monoisotopic (exact) mass is 235 g/mol. The molecule has 0 fully saturated rings. The summed E-state index contributed by atoms with van der Waals surface area (Å²) >= 11 is 0. The lowest BCUT2D eigenvalue weighted by molar-refractivity contribution is -0.136. The van der Waals surface area contributed by atoms with Gasteiger partial charge in [0.1, 0.15) is 6.54 Å². The van der Waals surface area contributed by atoms with Crippen LogP contribution in [0.3, 0.4) is 0 Å². The molecular weight excluding hydrogens is 218 g/mol. The van der Waals surface area contributed by atoms with Crippen LogP contribution >= 0.6 is 0 Å². The average Bonchev–Trinajstić information content (AvgIpc) is 2.23. The third-order valence-electron chi connectivity index (χ3n) is 2.42. The predicted octanol–water partition coefficient (Wildman–Crippen LogP) is 2.13. The van der Waals surface area contributed by atoms with Gasteiger partial charge in [-0.05, 0) is 37.1 Å². The summed E-state index contributed by atoms with van der Waals surface area (Å²) in [7, 11) is 0. The number of hydrogen-bond acceptors (Lipinski definition) is 2. The van der Waals surface area contributed by atoms with Crippen molar-refractivity contribution < 1.29 is 14.7 Å². The summed E-state index contributed by atoms with van der Waals surface area (Å²) in [6.45, 7) is 5.27. The lowest BCUT2D eigenvalue weighted by Gasteiger charge is -2.21. The molecule has 0 aliphatic rings. The number of aryl methyl sites for hydroxylation is 2. The molecule has 0 aliphatic carbocycles. The maximum Gasteiger partial charge on any atom is 0.323 e. The lowest BCUT2D eigenvalue weighted by atomic mass is 10.1. The van der Waals surface area contributed by atoms with E-state index in [1.165, 1.54) is 4.90 Å². The van der Waals surface area contributed by atoms with Gasteiger partial charge >= 0.3 is 5.97 Å². The maximum absolute atomic E-state index is 11.7. The first-order chi connectivity index (χ1) is 7.93. The zero-order valence-corrected chi connectivity index (χ0v) is 10.4. The Bertz CT molecular complexity index is 420. The SMILES string of the molecule is CCC(=O)N(CC(=O)O)c1cc(C)cc(C)c1. The van der Waals surface area contributed by atoms with Crippen molar-refractivity contribution in [2.75, 3.05) is 11.4 Å². The molecule has 0 saturated carbocycles. The van der Waals surface area contributed by atoms with Gasteiger partial charge in [0, 0.05) is 12.1 Å². The van der Waals surface area contributed by atoms with Gasteiger partial charge in [-0.25, -0.2) is 0 Å². The number of carboxylic acid groups (broad SMARTS) is 1. The normalized spacial score (nSPS) is 10.1. The second-order valence-corrected chi connectivity index (χ2v) is 4.07. The van der Waals surface area contributed by atoms with Crippen LogP contribution in [0.15, 0.2) is 18.2 Å². The molecule has 1 N–H and O–H groups in total. The van der Waals surface area contributed by atoms with E-state index >= 15 is 0 Å². The first-order valence-electron chi connectivity index (χ1n) is 5.54. The van der Waals surface area contributed by atoms with Gasteiger partial charge < -0.3 is 10.0 Å². The smallest absolute Gasteiger partial charge is 0.323 e. The summed E-state index contributed by atoms with van der Waals surface area (Å²) in [5.41, 5.74) is 2.68. The molecule has 1 aromatic carbocycles. The third kappa shape index (κ3) is 3.59. The minimum atomic E-state index is -1.01. The topological polar surface area (TPSA) is 57.6 Å². The van der Waals surface area contributed by atoms with Crippen molar-refractivity contribution in [3.8, 4) is 0 Å². The van der Waals surface area contributed by atoms with E-state index < -0.39 is 5.97 Å². The molecule has 0 heterocycles. The van der Waals surface area contributed by atoms with E-state index in [2.05, 4.69) is 0 Å². The number of amides is 1. The zero-order valence-electron chi connectivity index (χ0n) is 10.4. The van der Waals surface area contributed by atoms with Gasteiger partial charge in [-0.1, -0.05) is 13.0 Å². The molecule has 0 radical (unpaired) electrons. The Morgan fingerprint density at radius 1 is 1.18 bits per heavy atom. The maximum atomic E-state index is 11.7. The molecule has 1 rings (SSSR count). The molecule has 0 aromatic heterocycles. The summed E-state index contributed by atoms with van der Waals surface area (Å²) in [5.74, 6) is -1.19. The van der Waals surface area contributed by atoms with Crippen molar-refractivity contribution >= 4 is 17.6 Å². The number of carbonyl (C=O) groups is 2. The first-order valence-corrected chi connectivity index (χ1v) is 5.54. The van der Waals surface area contributed by atoms with Gasteiger partial charge in [-0.2, -0.15) is 0 Å². The average molecular weight is 235 g/mol. The summed E-state index contributed by atoms with van der Waals surface area (Å²) in [6, 6.07) is 5.63. The summed E-state index contributed by atoms with van der Waals surface area (Å²) in [6.07, 6.45) is 0.292. The Kier molecular flexibility index (Phi) is 4.26. The molecule has 0 saturated heterocycles. The fraction of sp³-hybridized carbons (Fsp3) is 0.385. The standard InChI is InChI=1S/C13H17NO3/c1-4-12(15)14(8-13(16)17)11-6-9(2)5-10(3)7-11/h5-7H,4,8H2,1-3H3,(H,16,17). The van der Waals surface area contributed by atoms with Gasteiger partial charge in [0.15, 0.2) is 0 Å². The van der Waals surface area contributed by atoms with Crippen LogP contribution in [0, 0.1) is 13.8 Å². The highest BCUT2D eigenvalue weighted by molar-refractivity contribution is 5.97. The van der Waals surface area contributed by atoms with E-state index in [1.54, 1.807) is 6.92 Å². The van der Waals surface area contributed by atoms with E-state index in [4.69, 9.17) is 5.11 Å². The van der Waals surface area contributed by atoms with E-state index in [0.29, 0.717) is 12.1 Å². The summed E-state index contributed by atoms with van der Waals surface area (Å²) < 4.78 is 0. The highest BCUT2D eigenvalue weighted by atomic mass is 16.4. The van der Waals surface area contributed by atoms with Crippen molar-refractivity contribution in [1.82, 2.24) is 0 Å². The number of hydrogen-bond donors (Lipinski definition) is 1. The molecule has 1 amide bonds. The molecule has 0 spiro atoms. The molecule has 92 valence electrons. The van der Waals surface area contributed by atoms with Crippen molar-refractivity contribution in [3.63, 3.8) is 0 Å². The minimum absolute atomic E-state index is 0.183. The Morgan fingerprint density at radius 2 is 1.71 bits per heavy atom. The first kappa shape index (κ1) is 13.2. The molecule has 0 unspecified atom stereocenters. The Morgan fingerprint density at radius 3 is 2.12 bits per heavy atom. The Balaban J connectivity index is 3.11. The van der Waals surface area contributed by atoms with Gasteiger partial charge in [-0.3, -0.25) is 9.59 Å². The molecule has 0 aliphatic heterocycles. The highest BCUT2D eigenvalue weighted by Crippen LogP contribution is 2.19. The van der Waals surface area contributed by atoms with Crippen LogP contribution in [0.25, 0.3) is 0 Å². The molecule has 4 heteroatoms. The van der Waals surface area contributed by atoms with Crippen molar-refractivity contribution in [2.45, 2.75) is 27.2 Å². The second-order valence-electron chi connectivity index (χ2n) is 4.07. The van der Waals surface area contributed by atoms with Crippen molar-refractivity contribution in [3.05, 3.63) is 29.3 Å². The second kappa shape index (κ2) is 5.48. The van der Waals surface area contributed by atoms with Gasteiger partial charge in [0.25, 0.3) is 0 Å². The fourth-order valence-corrected chi connectivity index (χ4v) is 1.76. The van der Waals surface area contributed by atoms with Crippen LogP contribution in [0.2, 0.25) is 0 Å². The molecule has 1 aromatic rings. The Hall–Kier alpha value is -1.84. The van der Waals surface area contributed by atoms with Crippen LogP contribution in [-0.2, 0) is 9.59 Å². The number of anilines is 1. The largest absolute Gasteiger partial charge is 0.480 e. The number of rotatable bonds is 4. The summed E-state index contributed by atoms with van der Waals surface area (Å²) in [5, 5.41) is 8.83. The van der Waals surface area contributed by atoms with Crippen LogP contribution in [0.5, 0.6) is 0 Å². The van der Waals surface area contributed by atoms with Crippen molar-refractivity contribution in [2.24, 2.45) is 0 Å². The van der Waals surface area contributed by atoms with E-state index in [1.807, 2.05) is 32.0 Å². The summed E-state index contributed by atoms with van der Waals surface area (Å²) in [4.78, 5) is 23.8. The lowest BCUT2D eigenvalue weighted by Crippen LogP contribution is -2.35. The van der Waals surface area contributed by atoms with Crippen LogP contribution in [-0.4, -0.2) is 23.5 Å². The van der Waals surface area contributed by atoms with E-state index in [-0.39, 0.29) is 12.5 Å². The molecule has 4 nitrogen and oxygen atoms in total. The van der Waals surface area contributed by atoms with E-state index in [0.717, 1.165) is 11.1 Å². The number of aliphatic carboxylic acids is 1. The third-order valence-corrected chi connectivity index (χ3v) is 2.42. The van der Waals surface area contributed by atoms with E-state index in [9.17, 15) is 9.59 Å². The minimum Gasteiger partial charge on any atom is -0.480 e. The number of carbonyl (C=O) groups excluding carboxylic acids is 1. The van der Waals surface area contributed by atoms with Crippen LogP contribution in [0.1, 0.15) is 24.5 Å². The quantitative estimate of drug-likeness (QED) is 0.869. The number of carboxylic acids is 1. The number of benzene rings is 1. The molecule has 0 bridgehead atoms. The highest BCUT2D eigenvalue weighted by Gasteiger charge is 2.17. The van der Waals surface area contributed by atoms with Gasteiger partial charge in [-0.15, -0.1) is 0 Å². The van der Waals surface area contributed by atoms with Crippen molar-refractivity contribution in [1.29, 1.82) is 0 Å². The fourth-order valence-electron chi connectivity index (χ4n) is 1.76. The van der Waals surface area contributed by atoms with Crippen LogP contribution in [0.4, 0.5) is 5.69 Å². The molecule has 0 atom stereocenters. The molecular formula is C13H17NO3. The molecule has 17 heavy (non-hydrogen) atoms. The van der Waals surface area contributed by atoms with Gasteiger partial charge in [0.2, 0.25) is 5.91 Å². The Labute approximate surface area is 101 Å². The number of nitrogens with zero attached hydrogens (tertiary/aromatic N) is 1. The van der Waals surface area contributed by atoms with Crippen LogP contribution < -0.4 is 4.90 Å².